The molecular formula is C26H26FNO5. The van der Waals surface area contributed by atoms with Crippen molar-refractivity contribution in [1.82, 2.24) is 4.57 Å². The van der Waals surface area contributed by atoms with Gasteiger partial charge in [0, 0.05) is 36.8 Å². The van der Waals surface area contributed by atoms with Gasteiger partial charge in [-0.05, 0) is 72.9 Å². The van der Waals surface area contributed by atoms with Crippen LogP contribution in [0.1, 0.15) is 37.2 Å². The predicted octanol–water partition coefficient (Wildman–Crippen LogP) is 4.52. The van der Waals surface area contributed by atoms with Crippen LogP contribution < -0.4 is 5.56 Å². The number of phenols is 1. The molecule has 1 aromatic heterocycles. The first-order valence-corrected chi connectivity index (χ1v) is 11.4. The minimum absolute atomic E-state index is 0.00362. The molecule has 0 spiro atoms. The molecule has 6 nitrogen and oxygen atoms in total. The number of hydrogen-bond donors (Lipinski definition) is 2. The lowest BCUT2D eigenvalue weighted by atomic mass is 9.74. The average molecular weight is 451 g/mol. The fourth-order valence-corrected chi connectivity index (χ4v) is 5.28. The number of rotatable bonds is 5. The first-order chi connectivity index (χ1) is 15.9. The number of nitrogens with zero attached hydrogens (tertiary/aromatic N) is 1. The minimum Gasteiger partial charge on any atom is -0.508 e. The number of ether oxygens (including phenoxy) is 1. The summed E-state index contributed by atoms with van der Waals surface area (Å²) < 4.78 is 20.9. The van der Waals surface area contributed by atoms with Crippen LogP contribution in [0.25, 0.3) is 22.0 Å². The molecule has 0 amide bonds. The van der Waals surface area contributed by atoms with Gasteiger partial charge in [-0.15, -0.1) is 0 Å². The summed E-state index contributed by atoms with van der Waals surface area (Å²) in [6.07, 6.45) is 2.51. The van der Waals surface area contributed by atoms with E-state index >= 15 is 0 Å². The second-order valence-electron chi connectivity index (χ2n) is 9.17. The summed E-state index contributed by atoms with van der Waals surface area (Å²) in [5.41, 5.74) is 2.70. The molecule has 2 aliphatic rings. The van der Waals surface area contributed by atoms with E-state index in [-0.39, 0.29) is 34.9 Å². The standard InChI is InChI=1S/C26H26FNO5/c27-19-3-1-16(2-4-19)23-21-6-5-20(29)13-22(21)28(14-15-11-18(12-15)26(31)32)25(30)24(23)17-7-9-33-10-8-17/h1-6,13,15,17-18,29H,7-12,14H2,(H,31,32). The molecule has 33 heavy (non-hydrogen) atoms. The highest BCUT2D eigenvalue weighted by atomic mass is 19.1. The van der Waals surface area contributed by atoms with E-state index in [0.29, 0.717) is 43.7 Å². The molecule has 1 aliphatic carbocycles. The molecule has 1 aliphatic heterocycles. The number of carboxylic acid groups (broad SMARTS) is 1. The molecule has 2 aromatic carbocycles. The second kappa shape index (κ2) is 8.63. The molecule has 2 N–H and O–H groups in total. The number of aromatic hydroxyl groups is 1. The monoisotopic (exact) mass is 451 g/mol. The number of phenolic OH excluding ortho intramolecular Hbond substituents is 1. The van der Waals surface area contributed by atoms with E-state index < -0.39 is 5.97 Å². The molecule has 3 aromatic rings. The number of hydrogen-bond acceptors (Lipinski definition) is 4. The molecule has 1 saturated heterocycles. The van der Waals surface area contributed by atoms with Gasteiger partial charge in [-0.1, -0.05) is 12.1 Å². The maximum atomic E-state index is 14.0. The number of fused-ring (bicyclic) bond motifs is 1. The van der Waals surface area contributed by atoms with E-state index in [9.17, 15) is 24.2 Å². The summed E-state index contributed by atoms with van der Waals surface area (Å²) >= 11 is 0. The molecular weight excluding hydrogens is 425 g/mol. The van der Waals surface area contributed by atoms with Gasteiger partial charge in [0.25, 0.3) is 5.56 Å². The predicted molar refractivity (Wildman–Crippen MR) is 122 cm³/mol. The van der Waals surface area contributed by atoms with Crippen molar-refractivity contribution in [2.45, 2.75) is 38.1 Å². The molecule has 1 saturated carbocycles. The van der Waals surface area contributed by atoms with E-state index in [0.717, 1.165) is 29.4 Å². The zero-order chi connectivity index (χ0) is 23.1. The van der Waals surface area contributed by atoms with Gasteiger partial charge in [-0.3, -0.25) is 9.59 Å². The lowest BCUT2D eigenvalue weighted by Gasteiger charge is -2.34. The summed E-state index contributed by atoms with van der Waals surface area (Å²) in [4.78, 5) is 25.2. The first kappa shape index (κ1) is 21.6. The molecule has 0 bridgehead atoms. The van der Waals surface area contributed by atoms with Crippen molar-refractivity contribution in [2.75, 3.05) is 13.2 Å². The van der Waals surface area contributed by atoms with Gasteiger partial charge in [-0.25, -0.2) is 4.39 Å². The zero-order valence-electron chi connectivity index (χ0n) is 18.2. The molecule has 2 fully saturated rings. The number of aliphatic carboxylic acids is 1. The van der Waals surface area contributed by atoms with E-state index in [1.165, 1.54) is 12.1 Å². The van der Waals surface area contributed by atoms with Crippen LogP contribution in [0.2, 0.25) is 0 Å². The Bertz CT molecular complexity index is 1250. The smallest absolute Gasteiger partial charge is 0.306 e. The van der Waals surface area contributed by atoms with Gasteiger partial charge in [0.15, 0.2) is 0 Å². The minimum atomic E-state index is -0.796. The van der Waals surface area contributed by atoms with Crippen molar-refractivity contribution in [2.24, 2.45) is 11.8 Å². The Kier molecular flexibility index (Phi) is 5.66. The van der Waals surface area contributed by atoms with Gasteiger partial charge < -0.3 is 19.5 Å². The summed E-state index contributed by atoms with van der Waals surface area (Å²) in [6.45, 7) is 1.55. The number of pyridine rings is 1. The van der Waals surface area contributed by atoms with Crippen molar-refractivity contribution in [3.05, 3.63) is 64.2 Å². The van der Waals surface area contributed by atoms with Gasteiger partial charge in [0.2, 0.25) is 0 Å². The summed E-state index contributed by atoms with van der Waals surface area (Å²) in [5.74, 6) is -1.36. The Hall–Kier alpha value is -3.19. The fourth-order valence-electron chi connectivity index (χ4n) is 5.28. The number of carboxylic acids is 1. The number of carbonyl (C=O) groups is 1. The quantitative estimate of drug-likeness (QED) is 0.596. The first-order valence-electron chi connectivity index (χ1n) is 11.4. The van der Waals surface area contributed by atoms with E-state index in [4.69, 9.17) is 4.74 Å². The van der Waals surface area contributed by atoms with Crippen LogP contribution in [-0.4, -0.2) is 34.0 Å². The Balaban J connectivity index is 1.72. The normalized spacial score (nSPS) is 21.1. The highest BCUT2D eigenvalue weighted by Gasteiger charge is 2.35. The van der Waals surface area contributed by atoms with E-state index in [2.05, 4.69) is 0 Å². The maximum absolute atomic E-state index is 14.0. The third kappa shape index (κ3) is 4.02. The summed E-state index contributed by atoms with van der Waals surface area (Å²) in [5, 5.41) is 20.3. The zero-order valence-corrected chi connectivity index (χ0v) is 18.2. The van der Waals surface area contributed by atoms with Crippen molar-refractivity contribution < 1.29 is 24.1 Å². The Morgan fingerprint density at radius 1 is 1.09 bits per heavy atom. The van der Waals surface area contributed by atoms with Gasteiger partial charge in [0.1, 0.15) is 11.6 Å². The van der Waals surface area contributed by atoms with Gasteiger partial charge in [-0.2, -0.15) is 0 Å². The van der Waals surface area contributed by atoms with Crippen molar-refractivity contribution in [3.8, 4) is 16.9 Å². The third-order valence-corrected chi connectivity index (χ3v) is 7.07. The van der Waals surface area contributed by atoms with Crippen LogP contribution in [0.5, 0.6) is 5.75 Å². The molecule has 2 heterocycles. The Morgan fingerprint density at radius 3 is 2.45 bits per heavy atom. The third-order valence-electron chi connectivity index (χ3n) is 7.07. The second-order valence-corrected chi connectivity index (χ2v) is 9.17. The van der Waals surface area contributed by atoms with Crippen LogP contribution >= 0.6 is 0 Å². The SMILES string of the molecule is O=C(O)C1CC(Cn2c(=O)c(C3CCOCC3)c(-c3ccc(F)cc3)c3ccc(O)cc32)C1. The number of aromatic nitrogens is 1. The van der Waals surface area contributed by atoms with Crippen LogP contribution in [0.15, 0.2) is 47.3 Å². The molecule has 5 rings (SSSR count). The van der Waals surface area contributed by atoms with E-state index in [1.54, 1.807) is 28.8 Å². The molecule has 7 heteroatoms. The molecule has 0 unspecified atom stereocenters. The topological polar surface area (TPSA) is 88.8 Å². The summed E-state index contributed by atoms with van der Waals surface area (Å²) in [7, 11) is 0. The van der Waals surface area contributed by atoms with Crippen molar-refractivity contribution >= 4 is 16.9 Å². The van der Waals surface area contributed by atoms with E-state index in [1.807, 2.05) is 6.07 Å². The largest absolute Gasteiger partial charge is 0.508 e. The molecule has 0 radical (unpaired) electrons. The summed E-state index contributed by atoms with van der Waals surface area (Å²) in [6, 6.07) is 11.2. The van der Waals surface area contributed by atoms with Crippen molar-refractivity contribution in [3.63, 3.8) is 0 Å². The van der Waals surface area contributed by atoms with Crippen molar-refractivity contribution in [1.29, 1.82) is 0 Å². The van der Waals surface area contributed by atoms with Crippen LogP contribution in [0.4, 0.5) is 4.39 Å². The highest BCUT2D eigenvalue weighted by Crippen LogP contribution is 2.40. The highest BCUT2D eigenvalue weighted by molar-refractivity contribution is 5.97. The Labute approximate surface area is 190 Å². The number of benzene rings is 2. The van der Waals surface area contributed by atoms with Gasteiger partial charge in [0.05, 0.1) is 11.4 Å². The molecule has 172 valence electrons. The van der Waals surface area contributed by atoms with Gasteiger partial charge >= 0.3 is 5.97 Å². The maximum Gasteiger partial charge on any atom is 0.306 e. The molecule has 0 atom stereocenters. The lowest BCUT2D eigenvalue weighted by molar-refractivity contribution is -0.146. The van der Waals surface area contributed by atoms with Crippen LogP contribution in [0, 0.1) is 17.7 Å². The fraction of sp³-hybridized carbons (Fsp3) is 0.385. The Morgan fingerprint density at radius 2 is 1.79 bits per heavy atom. The number of halogens is 1. The van der Waals surface area contributed by atoms with Crippen LogP contribution in [0.3, 0.4) is 0 Å². The lowest BCUT2D eigenvalue weighted by Crippen LogP contribution is -2.37. The average Bonchev–Trinajstić information content (AvgIpc) is 2.77. The van der Waals surface area contributed by atoms with Crippen LogP contribution in [-0.2, 0) is 16.1 Å².